The average molecular weight is 555 g/mol. The summed E-state index contributed by atoms with van der Waals surface area (Å²) in [6.07, 6.45) is 8.60. The summed E-state index contributed by atoms with van der Waals surface area (Å²) >= 11 is 0. The molecule has 39 heavy (non-hydrogen) atoms. The molecule has 4 amide bonds. The van der Waals surface area contributed by atoms with Crippen LogP contribution in [-0.4, -0.2) is 73.2 Å². The second kappa shape index (κ2) is 17.6. The van der Waals surface area contributed by atoms with Gasteiger partial charge < -0.3 is 25.8 Å². The van der Waals surface area contributed by atoms with Crippen LogP contribution in [0.25, 0.3) is 0 Å². The van der Waals surface area contributed by atoms with Gasteiger partial charge in [-0.15, -0.1) is 0 Å². The van der Waals surface area contributed by atoms with Crippen molar-refractivity contribution in [3.63, 3.8) is 0 Å². The van der Waals surface area contributed by atoms with Gasteiger partial charge in [-0.2, -0.15) is 0 Å². The van der Waals surface area contributed by atoms with Gasteiger partial charge >= 0.3 is 0 Å². The predicted molar refractivity (Wildman–Crippen MR) is 151 cm³/mol. The van der Waals surface area contributed by atoms with E-state index in [1.165, 1.54) is 32.1 Å². The normalized spacial score (nSPS) is 18.2. The molecule has 0 aromatic carbocycles. The third-order valence-electron chi connectivity index (χ3n) is 7.25. The zero-order valence-corrected chi connectivity index (χ0v) is 25.2. The van der Waals surface area contributed by atoms with E-state index in [0.717, 1.165) is 11.3 Å². The summed E-state index contributed by atoms with van der Waals surface area (Å²) in [5.74, 6) is -1.08. The van der Waals surface area contributed by atoms with E-state index in [1.807, 2.05) is 13.8 Å². The van der Waals surface area contributed by atoms with Crippen LogP contribution in [0.1, 0.15) is 106 Å². The van der Waals surface area contributed by atoms with Crippen molar-refractivity contribution in [1.82, 2.24) is 15.5 Å². The maximum Gasteiger partial charge on any atom is 0.232 e. The standard InChI is InChI=1S/C29H54N4O6/c1-7-8-9-10-11-12-23(3)38-20-17-32-27(37)28(4,5)15-19-39-29(6,30)14-16-31-24(34)13-18-33-25(35)21-22(2)26(33)36/h22-23H,7-21,30H2,1-6H3,(H,31,34)(H,32,37). The summed E-state index contributed by atoms with van der Waals surface area (Å²) in [6, 6.07) is 0. The molecule has 0 aliphatic carbocycles. The monoisotopic (exact) mass is 554 g/mol. The number of hydrogen-bond donors (Lipinski definition) is 3. The Bertz CT molecular complexity index is 786. The topological polar surface area (TPSA) is 140 Å². The Morgan fingerprint density at radius 2 is 1.74 bits per heavy atom. The SMILES string of the molecule is CCCCCCCC(C)OCCNC(=O)C(C)(C)CCOC(C)(N)CCNC(=O)CCN1C(=O)CC(C)C1=O. The van der Waals surface area contributed by atoms with Crippen LogP contribution in [0.5, 0.6) is 0 Å². The number of carbonyl (C=O) groups excluding carboxylic acids is 4. The highest BCUT2D eigenvalue weighted by Crippen LogP contribution is 2.22. The van der Waals surface area contributed by atoms with E-state index in [0.29, 0.717) is 39.1 Å². The van der Waals surface area contributed by atoms with Crippen molar-refractivity contribution in [1.29, 1.82) is 0 Å². The molecule has 3 unspecified atom stereocenters. The van der Waals surface area contributed by atoms with Crippen molar-refractivity contribution in [3.8, 4) is 0 Å². The first-order valence-electron chi connectivity index (χ1n) is 14.7. The fourth-order valence-electron chi connectivity index (χ4n) is 4.34. The second-order valence-electron chi connectivity index (χ2n) is 11.8. The first-order valence-corrected chi connectivity index (χ1v) is 14.7. The summed E-state index contributed by atoms with van der Waals surface area (Å²) in [7, 11) is 0. The van der Waals surface area contributed by atoms with E-state index in [9.17, 15) is 19.2 Å². The van der Waals surface area contributed by atoms with Crippen LogP contribution in [0.2, 0.25) is 0 Å². The van der Waals surface area contributed by atoms with E-state index < -0.39 is 11.1 Å². The number of likely N-dealkylation sites (tertiary alicyclic amines) is 1. The third-order valence-corrected chi connectivity index (χ3v) is 7.25. The van der Waals surface area contributed by atoms with Crippen molar-refractivity contribution in [2.75, 3.05) is 32.8 Å². The molecule has 226 valence electrons. The number of hydrogen-bond acceptors (Lipinski definition) is 7. The number of nitrogens with two attached hydrogens (primary N) is 1. The first-order chi connectivity index (χ1) is 18.3. The van der Waals surface area contributed by atoms with Crippen molar-refractivity contribution < 1.29 is 28.7 Å². The van der Waals surface area contributed by atoms with E-state index >= 15 is 0 Å². The van der Waals surface area contributed by atoms with Crippen LogP contribution in [0.3, 0.4) is 0 Å². The Morgan fingerprint density at radius 3 is 2.38 bits per heavy atom. The number of ether oxygens (including phenoxy) is 2. The number of nitrogens with zero attached hydrogens (tertiary/aromatic N) is 1. The minimum absolute atomic E-state index is 0.0542. The number of nitrogens with one attached hydrogen (secondary N) is 2. The number of imide groups is 1. The number of carbonyl (C=O) groups is 4. The maximum absolute atomic E-state index is 12.7. The van der Waals surface area contributed by atoms with Crippen LogP contribution in [0.15, 0.2) is 0 Å². The summed E-state index contributed by atoms with van der Waals surface area (Å²) in [4.78, 5) is 49.7. The third kappa shape index (κ3) is 14.2. The van der Waals surface area contributed by atoms with Gasteiger partial charge in [-0.3, -0.25) is 24.1 Å². The van der Waals surface area contributed by atoms with Gasteiger partial charge in [0, 0.05) is 56.8 Å². The lowest BCUT2D eigenvalue weighted by Gasteiger charge is -2.29. The second-order valence-corrected chi connectivity index (χ2v) is 11.8. The molecule has 0 bridgehead atoms. The summed E-state index contributed by atoms with van der Waals surface area (Å²) in [5.41, 5.74) is 4.63. The molecule has 0 radical (unpaired) electrons. The minimum Gasteiger partial charge on any atom is -0.377 e. The van der Waals surface area contributed by atoms with Gasteiger partial charge in [-0.25, -0.2) is 0 Å². The minimum atomic E-state index is -0.976. The van der Waals surface area contributed by atoms with Gasteiger partial charge in [0.15, 0.2) is 0 Å². The van der Waals surface area contributed by atoms with Crippen molar-refractivity contribution in [3.05, 3.63) is 0 Å². The number of unbranched alkanes of at least 4 members (excludes halogenated alkanes) is 4. The fourth-order valence-corrected chi connectivity index (χ4v) is 4.34. The highest BCUT2D eigenvalue weighted by molar-refractivity contribution is 6.03. The van der Waals surface area contributed by atoms with Crippen molar-refractivity contribution in [2.24, 2.45) is 17.1 Å². The quantitative estimate of drug-likeness (QED) is 0.112. The molecule has 3 atom stereocenters. The van der Waals surface area contributed by atoms with Crippen molar-refractivity contribution in [2.45, 2.75) is 118 Å². The Kier molecular flexibility index (Phi) is 15.8. The molecular formula is C29H54N4O6. The summed E-state index contributed by atoms with van der Waals surface area (Å²) in [5, 5.41) is 5.71. The molecule has 0 aromatic rings. The largest absolute Gasteiger partial charge is 0.377 e. The molecule has 1 rings (SSSR count). The smallest absolute Gasteiger partial charge is 0.232 e. The van der Waals surface area contributed by atoms with Gasteiger partial charge in [0.2, 0.25) is 23.6 Å². The van der Waals surface area contributed by atoms with Gasteiger partial charge in [0.05, 0.1) is 12.7 Å². The lowest BCUT2D eigenvalue weighted by atomic mass is 9.88. The predicted octanol–water partition coefficient (Wildman–Crippen LogP) is 3.27. The van der Waals surface area contributed by atoms with Gasteiger partial charge in [0.25, 0.3) is 0 Å². The average Bonchev–Trinajstić information content (AvgIpc) is 3.10. The lowest BCUT2D eigenvalue weighted by Crippen LogP contribution is -2.45. The van der Waals surface area contributed by atoms with Crippen LogP contribution < -0.4 is 16.4 Å². The molecule has 10 nitrogen and oxygen atoms in total. The Hall–Kier alpha value is -2.04. The molecule has 0 saturated carbocycles. The van der Waals surface area contributed by atoms with E-state index in [-0.39, 0.29) is 55.0 Å². The number of amides is 4. The molecule has 0 aromatic heterocycles. The molecule has 1 saturated heterocycles. The van der Waals surface area contributed by atoms with Gasteiger partial charge in [-0.1, -0.05) is 59.8 Å². The fraction of sp³-hybridized carbons (Fsp3) is 0.862. The molecule has 1 heterocycles. The molecule has 4 N–H and O–H groups in total. The summed E-state index contributed by atoms with van der Waals surface area (Å²) in [6.45, 7) is 13.1. The van der Waals surface area contributed by atoms with Crippen LogP contribution in [-0.2, 0) is 28.7 Å². The molecule has 0 spiro atoms. The van der Waals surface area contributed by atoms with Gasteiger partial charge in [0.1, 0.15) is 5.72 Å². The molecular weight excluding hydrogens is 500 g/mol. The molecule has 10 heteroatoms. The first kappa shape index (κ1) is 35.0. The lowest BCUT2D eigenvalue weighted by molar-refractivity contribution is -0.139. The van der Waals surface area contributed by atoms with Gasteiger partial charge in [-0.05, 0) is 26.7 Å². The van der Waals surface area contributed by atoms with E-state index in [2.05, 4.69) is 24.5 Å². The highest BCUT2D eigenvalue weighted by Gasteiger charge is 2.35. The zero-order valence-electron chi connectivity index (χ0n) is 25.2. The van der Waals surface area contributed by atoms with E-state index in [4.69, 9.17) is 15.2 Å². The molecule has 1 fully saturated rings. The Balaban J connectivity index is 2.19. The van der Waals surface area contributed by atoms with Crippen LogP contribution >= 0.6 is 0 Å². The molecule has 1 aliphatic rings. The van der Waals surface area contributed by atoms with E-state index in [1.54, 1.807) is 13.8 Å². The summed E-state index contributed by atoms with van der Waals surface area (Å²) < 4.78 is 11.7. The highest BCUT2D eigenvalue weighted by atomic mass is 16.5. The van der Waals surface area contributed by atoms with Crippen LogP contribution in [0, 0.1) is 11.3 Å². The molecule has 1 aliphatic heterocycles. The van der Waals surface area contributed by atoms with Crippen molar-refractivity contribution >= 4 is 23.6 Å². The maximum atomic E-state index is 12.7. The number of rotatable bonds is 21. The Morgan fingerprint density at radius 1 is 1.05 bits per heavy atom. The Labute approximate surface area is 235 Å². The van der Waals surface area contributed by atoms with Crippen LogP contribution in [0.4, 0.5) is 0 Å². The zero-order chi connectivity index (χ0) is 29.5.